The van der Waals surface area contributed by atoms with Crippen molar-refractivity contribution >= 4 is 17.6 Å². The van der Waals surface area contributed by atoms with Crippen LogP contribution in [0.3, 0.4) is 0 Å². The maximum atomic E-state index is 11.6. The zero-order valence-electron chi connectivity index (χ0n) is 16.3. The summed E-state index contributed by atoms with van der Waals surface area (Å²) in [7, 11) is 1.84. The van der Waals surface area contributed by atoms with Crippen molar-refractivity contribution in [3.05, 3.63) is 65.2 Å². The molecule has 0 atom stereocenters. The van der Waals surface area contributed by atoms with Gasteiger partial charge in [0.05, 0.1) is 6.54 Å². The molecule has 1 amide bonds. The van der Waals surface area contributed by atoms with Gasteiger partial charge < -0.3 is 20.4 Å². The normalized spacial score (nSPS) is 17.2. The van der Waals surface area contributed by atoms with E-state index >= 15 is 0 Å². The number of anilines is 1. The third-order valence-corrected chi connectivity index (χ3v) is 5.43. The summed E-state index contributed by atoms with van der Waals surface area (Å²) in [5.41, 5.74) is 5.11. The predicted octanol–water partition coefficient (Wildman–Crippen LogP) is 1.76. The summed E-state index contributed by atoms with van der Waals surface area (Å²) in [4.78, 5) is 20.5. The van der Waals surface area contributed by atoms with Gasteiger partial charge in [-0.3, -0.25) is 9.79 Å². The van der Waals surface area contributed by atoms with Crippen LogP contribution in [0.15, 0.2) is 53.5 Å². The fourth-order valence-corrected chi connectivity index (χ4v) is 3.87. The molecule has 0 bridgehead atoms. The number of rotatable bonds is 3. The molecule has 2 aromatic rings. The van der Waals surface area contributed by atoms with E-state index in [1.165, 1.54) is 16.7 Å². The number of fused-ring (bicyclic) bond motifs is 1. The van der Waals surface area contributed by atoms with E-state index in [0.717, 1.165) is 44.2 Å². The number of aliphatic imine (C=N–C) groups is 1. The summed E-state index contributed by atoms with van der Waals surface area (Å²) in [5, 5.41) is 6.35. The van der Waals surface area contributed by atoms with Gasteiger partial charge >= 0.3 is 0 Å². The smallest absolute Gasteiger partial charge is 0.239 e. The van der Waals surface area contributed by atoms with Crippen LogP contribution in [0.1, 0.15) is 16.7 Å². The lowest BCUT2D eigenvalue weighted by Gasteiger charge is -2.31. The summed E-state index contributed by atoms with van der Waals surface area (Å²) in [6.07, 6.45) is 1.05. The molecule has 2 aromatic carbocycles. The second-order valence-electron chi connectivity index (χ2n) is 7.28. The van der Waals surface area contributed by atoms with Crippen LogP contribution in [0.25, 0.3) is 0 Å². The molecule has 146 valence electrons. The van der Waals surface area contributed by atoms with E-state index in [4.69, 9.17) is 0 Å². The van der Waals surface area contributed by atoms with Crippen LogP contribution in [0.2, 0.25) is 0 Å². The Morgan fingerprint density at radius 2 is 1.86 bits per heavy atom. The van der Waals surface area contributed by atoms with Gasteiger partial charge in [-0.25, -0.2) is 0 Å². The fourth-order valence-electron chi connectivity index (χ4n) is 3.87. The number of hydrogen-bond donors (Lipinski definition) is 2. The Labute approximate surface area is 166 Å². The Hall–Kier alpha value is -3.02. The van der Waals surface area contributed by atoms with E-state index in [9.17, 15) is 4.79 Å². The van der Waals surface area contributed by atoms with E-state index in [0.29, 0.717) is 13.1 Å². The van der Waals surface area contributed by atoms with Crippen molar-refractivity contribution in [1.82, 2.24) is 15.5 Å². The topological polar surface area (TPSA) is 60.0 Å². The molecular weight excluding hydrogens is 350 g/mol. The molecule has 2 aliphatic heterocycles. The number of carbonyl (C=O) groups is 1. The molecule has 0 saturated carbocycles. The number of piperazine rings is 1. The summed E-state index contributed by atoms with van der Waals surface area (Å²) in [6, 6.07) is 17.1. The molecule has 0 aliphatic carbocycles. The SMILES string of the molecule is CN=C(NCc1ccc(N2CCNC(=O)C2)cc1)N1CCc2ccccc2C1. The lowest BCUT2D eigenvalue weighted by molar-refractivity contribution is -0.120. The number of nitrogens with zero attached hydrogens (tertiary/aromatic N) is 3. The lowest BCUT2D eigenvalue weighted by Crippen LogP contribution is -2.47. The van der Waals surface area contributed by atoms with Gasteiger partial charge in [-0.2, -0.15) is 0 Å². The van der Waals surface area contributed by atoms with Crippen LogP contribution in [0.4, 0.5) is 5.69 Å². The van der Waals surface area contributed by atoms with Crippen LogP contribution >= 0.6 is 0 Å². The van der Waals surface area contributed by atoms with Crippen LogP contribution in [-0.4, -0.2) is 50.0 Å². The second-order valence-corrected chi connectivity index (χ2v) is 7.28. The van der Waals surface area contributed by atoms with Gasteiger partial charge in [0.2, 0.25) is 5.91 Å². The summed E-state index contributed by atoms with van der Waals surface area (Å²) < 4.78 is 0. The molecule has 0 unspecified atom stereocenters. The van der Waals surface area contributed by atoms with Gasteiger partial charge in [-0.15, -0.1) is 0 Å². The average molecular weight is 377 g/mol. The van der Waals surface area contributed by atoms with Gasteiger partial charge in [0.25, 0.3) is 0 Å². The predicted molar refractivity (Wildman–Crippen MR) is 112 cm³/mol. The zero-order chi connectivity index (χ0) is 19.3. The molecule has 2 N–H and O–H groups in total. The third kappa shape index (κ3) is 4.11. The molecule has 0 spiro atoms. The molecular formula is C22H27N5O. The quantitative estimate of drug-likeness (QED) is 0.632. The number of carbonyl (C=O) groups excluding carboxylic acids is 1. The standard InChI is InChI=1S/C22H27N5O/c1-23-22(27-12-10-18-4-2-3-5-19(18)15-27)25-14-17-6-8-20(9-7-17)26-13-11-24-21(28)16-26/h2-9H,10-16H2,1H3,(H,23,25)(H,24,28). The molecule has 0 radical (unpaired) electrons. The van der Waals surface area contributed by atoms with Crippen LogP contribution < -0.4 is 15.5 Å². The van der Waals surface area contributed by atoms with Crippen molar-refractivity contribution in [3.63, 3.8) is 0 Å². The molecule has 0 aromatic heterocycles. The molecule has 28 heavy (non-hydrogen) atoms. The van der Waals surface area contributed by atoms with Crippen molar-refractivity contribution in [2.45, 2.75) is 19.5 Å². The number of amides is 1. The third-order valence-electron chi connectivity index (χ3n) is 5.43. The van der Waals surface area contributed by atoms with Crippen molar-refractivity contribution in [2.75, 3.05) is 38.1 Å². The highest BCUT2D eigenvalue weighted by atomic mass is 16.2. The van der Waals surface area contributed by atoms with Crippen molar-refractivity contribution in [3.8, 4) is 0 Å². The van der Waals surface area contributed by atoms with Crippen LogP contribution in [0, 0.1) is 0 Å². The first-order chi connectivity index (χ1) is 13.7. The maximum Gasteiger partial charge on any atom is 0.239 e. The first-order valence-electron chi connectivity index (χ1n) is 9.86. The van der Waals surface area contributed by atoms with Crippen molar-refractivity contribution < 1.29 is 4.79 Å². The Kier molecular flexibility index (Phi) is 5.46. The highest BCUT2D eigenvalue weighted by Crippen LogP contribution is 2.19. The summed E-state index contributed by atoms with van der Waals surface area (Å²) in [6.45, 7) is 4.59. The molecule has 6 nitrogen and oxygen atoms in total. The Morgan fingerprint density at radius 1 is 1.07 bits per heavy atom. The van der Waals surface area contributed by atoms with E-state index < -0.39 is 0 Å². The molecule has 2 heterocycles. The number of hydrogen-bond acceptors (Lipinski definition) is 3. The molecule has 2 aliphatic rings. The lowest BCUT2D eigenvalue weighted by atomic mass is 10.0. The van der Waals surface area contributed by atoms with E-state index in [2.05, 4.69) is 74.0 Å². The van der Waals surface area contributed by atoms with E-state index in [1.807, 2.05) is 7.05 Å². The summed E-state index contributed by atoms with van der Waals surface area (Å²) >= 11 is 0. The first kappa shape index (κ1) is 18.3. The highest BCUT2D eigenvalue weighted by molar-refractivity contribution is 5.82. The Morgan fingerprint density at radius 3 is 2.61 bits per heavy atom. The monoisotopic (exact) mass is 377 g/mol. The Balaban J connectivity index is 1.35. The van der Waals surface area contributed by atoms with Gasteiger partial charge in [0, 0.05) is 45.5 Å². The van der Waals surface area contributed by atoms with Crippen molar-refractivity contribution in [2.24, 2.45) is 4.99 Å². The van der Waals surface area contributed by atoms with E-state index in [-0.39, 0.29) is 5.91 Å². The van der Waals surface area contributed by atoms with Gasteiger partial charge in [-0.1, -0.05) is 36.4 Å². The van der Waals surface area contributed by atoms with Crippen LogP contribution in [0.5, 0.6) is 0 Å². The van der Waals surface area contributed by atoms with Crippen molar-refractivity contribution in [1.29, 1.82) is 0 Å². The minimum atomic E-state index is 0.0869. The highest BCUT2D eigenvalue weighted by Gasteiger charge is 2.19. The number of benzene rings is 2. The molecule has 1 saturated heterocycles. The Bertz CT molecular complexity index is 861. The zero-order valence-corrected chi connectivity index (χ0v) is 16.3. The van der Waals surface area contributed by atoms with E-state index in [1.54, 1.807) is 0 Å². The molecule has 6 heteroatoms. The largest absolute Gasteiger partial charge is 0.360 e. The first-order valence-corrected chi connectivity index (χ1v) is 9.86. The van der Waals surface area contributed by atoms with Gasteiger partial charge in [0.15, 0.2) is 5.96 Å². The molecule has 1 fully saturated rings. The summed E-state index contributed by atoms with van der Waals surface area (Å²) in [5.74, 6) is 1.02. The second kappa shape index (κ2) is 8.33. The average Bonchev–Trinajstić information content (AvgIpc) is 2.74. The number of nitrogens with one attached hydrogen (secondary N) is 2. The maximum absolute atomic E-state index is 11.6. The van der Waals surface area contributed by atoms with Gasteiger partial charge in [-0.05, 0) is 35.2 Å². The van der Waals surface area contributed by atoms with Crippen LogP contribution in [-0.2, 0) is 24.3 Å². The minimum absolute atomic E-state index is 0.0869. The fraction of sp³-hybridized carbons (Fsp3) is 0.364. The molecule has 4 rings (SSSR count). The minimum Gasteiger partial charge on any atom is -0.360 e. The number of guanidine groups is 1. The van der Waals surface area contributed by atoms with Gasteiger partial charge in [0.1, 0.15) is 0 Å².